The van der Waals surface area contributed by atoms with Crippen molar-refractivity contribution in [3.8, 4) is 0 Å². The molecule has 0 amide bonds. The van der Waals surface area contributed by atoms with Crippen LogP contribution in [0.3, 0.4) is 0 Å². The fourth-order valence-corrected chi connectivity index (χ4v) is 2.27. The molecule has 3 N–H and O–H groups in total. The van der Waals surface area contributed by atoms with Crippen LogP contribution in [0, 0.1) is 0 Å². The van der Waals surface area contributed by atoms with Crippen LogP contribution in [0.4, 0.5) is 8.78 Å². The topological polar surface area (TPSA) is 105 Å². The third-order valence-corrected chi connectivity index (χ3v) is 3.45. The number of hydrogen-bond acceptors (Lipinski definition) is 5. The molecule has 0 aromatic carbocycles. The van der Waals surface area contributed by atoms with Crippen LogP contribution in [0.2, 0.25) is 0 Å². The Morgan fingerprint density at radius 3 is 2.65 bits per heavy atom. The molecule has 1 aliphatic heterocycles. The quantitative estimate of drug-likeness (QED) is 0.642. The summed E-state index contributed by atoms with van der Waals surface area (Å²) in [5, 5.41) is 17.5. The molecule has 1 saturated heterocycles. The lowest BCUT2D eigenvalue weighted by Gasteiger charge is -2.17. The van der Waals surface area contributed by atoms with Crippen molar-refractivity contribution in [2.24, 2.45) is 0 Å². The number of halogens is 3. The van der Waals surface area contributed by atoms with Crippen molar-refractivity contribution in [2.75, 3.05) is 6.61 Å². The normalized spacial score (nSPS) is 30.1. The molecule has 20 heavy (non-hydrogen) atoms. The number of alkyl halides is 3. The fraction of sp³-hybridized carbons (Fsp3) is 0.600. The molecule has 0 spiro atoms. The molecule has 2 rings (SSSR count). The van der Waals surface area contributed by atoms with Gasteiger partial charge in [-0.1, -0.05) is 0 Å². The highest BCUT2D eigenvalue weighted by Crippen LogP contribution is 2.32. The second-order valence-corrected chi connectivity index (χ2v) is 4.74. The van der Waals surface area contributed by atoms with Crippen LogP contribution < -0.4 is 11.2 Å². The van der Waals surface area contributed by atoms with E-state index in [0.717, 1.165) is 0 Å². The van der Waals surface area contributed by atoms with Crippen molar-refractivity contribution in [1.29, 1.82) is 0 Å². The second kappa shape index (κ2) is 5.60. The Labute approximate surface area is 115 Å². The fourth-order valence-electron chi connectivity index (χ4n) is 1.92. The molecule has 1 aromatic heterocycles. The van der Waals surface area contributed by atoms with E-state index < -0.39 is 53.7 Å². The number of ether oxygens (including phenoxy) is 1. The van der Waals surface area contributed by atoms with Gasteiger partial charge in [0.15, 0.2) is 6.23 Å². The molecule has 10 heteroatoms. The lowest BCUT2D eigenvalue weighted by Crippen LogP contribution is -2.37. The zero-order chi connectivity index (χ0) is 15.0. The zero-order valence-corrected chi connectivity index (χ0v) is 10.6. The lowest BCUT2D eigenvalue weighted by atomic mass is 10.2. The maximum absolute atomic E-state index is 12.6. The number of aromatic nitrogens is 2. The van der Waals surface area contributed by atoms with Gasteiger partial charge in [-0.05, 0) is 0 Å². The van der Waals surface area contributed by atoms with Gasteiger partial charge in [-0.2, -0.15) is 0 Å². The van der Waals surface area contributed by atoms with Gasteiger partial charge < -0.3 is 14.9 Å². The van der Waals surface area contributed by atoms with E-state index in [9.17, 15) is 23.5 Å². The number of hydrogen-bond donors (Lipinski definition) is 3. The Morgan fingerprint density at radius 1 is 1.50 bits per heavy atom. The van der Waals surface area contributed by atoms with Gasteiger partial charge in [-0.15, -0.1) is 11.6 Å². The SMILES string of the molecule is O=c1[nH]c(=O)n([C@H]2O[C@@H](CO)C(O)C2Cl)cc1C(F)F. The monoisotopic (exact) mass is 312 g/mol. The summed E-state index contributed by atoms with van der Waals surface area (Å²) in [6, 6.07) is 0. The first kappa shape index (κ1) is 15.1. The number of rotatable bonds is 3. The van der Waals surface area contributed by atoms with Crippen molar-refractivity contribution in [3.05, 3.63) is 32.6 Å². The van der Waals surface area contributed by atoms with E-state index >= 15 is 0 Å². The van der Waals surface area contributed by atoms with Crippen LogP contribution in [-0.4, -0.2) is 44.0 Å². The summed E-state index contributed by atoms with van der Waals surface area (Å²) >= 11 is 5.86. The van der Waals surface area contributed by atoms with Crippen molar-refractivity contribution in [1.82, 2.24) is 9.55 Å². The molecule has 2 unspecified atom stereocenters. The average Bonchev–Trinajstić information content (AvgIpc) is 2.66. The van der Waals surface area contributed by atoms with Gasteiger partial charge in [0, 0.05) is 6.20 Å². The molecule has 4 atom stereocenters. The van der Waals surface area contributed by atoms with Gasteiger partial charge in [-0.3, -0.25) is 14.3 Å². The Kier molecular flexibility index (Phi) is 4.23. The zero-order valence-electron chi connectivity index (χ0n) is 9.87. The molecule has 1 fully saturated rings. The molecule has 1 aliphatic rings. The summed E-state index contributed by atoms with van der Waals surface area (Å²) in [4.78, 5) is 24.6. The van der Waals surface area contributed by atoms with E-state index in [1.54, 1.807) is 4.98 Å². The number of nitrogens with zero attached hydrogens (tertiary/aromatic N) is 1. The van der Waals surface area contributed by atoms with Crippen molar-refractivity contribution >= 4 is 11.6 Å². The van der Waals surface area contributed by atoms with Crippen LogP contribution in [0.1, 0.15) is 18.2 Å². The summed E-state index contributed by atoms with van der Waals surface area (Å²) in [5.41, 5.74) is -3.12. The van der Waals surface area contributed by atoms with Gasteiger partial charge in [0.05, 0.1) is 12.2 Å². The van der Waals surface area contributed by atoms with Gasteiger partial charge in [0.25, 0.3) is 12.0 Å². The highest BCUT2D eigenvalue weighted by Gasteiger charge is 2.43. The molecular weight excluding hydrogens is 302 g/mol. The predicted molar refractivity (Wildman–Crippen MR) is 62.9 cm³/mol. The second-order valence-electron chi connectivity index (χ2n) is 4.23. The third-order valence-electron chi connectivity index (χ3n) is 2.98. The molecule has 2 heterocycles. The van der Waals surface area contributed by atoms with Crippen molar-refractivity contribution < 1.29 is 23.7 Å². The Balaban J connectivity index is 2.46. The first-order valence-electron chi connectivity index (χ1n) is 5.58. The van der Waals surface area contributed by atoms with Crippen LogP contribution in [-0.2, 0) is 4.74 Å². The molecular formula is C10H11ClF2N2O5. The summed E-state index contributed by atoms with van der Waals surface area (Å²) in [5.74, 6) is 0. The highest BCUT2D eigenvalue weighted by molar-refractivity contribution is 6.21. The maximum atomic E-state index is 12.6. The van der Waals surface area contributed by atoms with E-state index in [0.29, 0.717) is 10.8 Å². The Morgan fingerprint density at radius 2 is 2.15 bits per heavy atom. The summed E-state index contributed by atoms with van der Waals surface area (Å²) in [6.07, 6.45) is -6.04. The van der Waals surface area contributed by atoms with Crippen LogP contribution in [0.5, 0.6) is 0 Å². The molecule has 0 saturated carbocycles. The average molecular weight is 313 g/mol. The van der Waals surface area contributed by atoms with Crippen molar-refractivity contribution in [3.63, 3.8) is 0 Å². The molecule has 7 nitrogen and oxygen atoms in total. The van der Waals surface area contributed by atoms with E-state index in [-0.39, 0.29) is 0 Å². The van der Waals surface area contributed by atoms with E-state index in [4.69, 9.17) is 21.4 Å². The standard InChI is InChI=1S/C10H11ClF2N2O5/c11-5-6(17)4(2-16)20-9(5)15-1-3(7(12)13)8(18)14-10(15)19/h1,4-7,9,16-17H,2H2,(H,14,18,19)/t4-,5?,6?,9-/m0/s1. The number of aromatic amines is 1. The number of aliphatic hydroxyl groups excluding tert-OH is 2. The van der Waals surface area contributed by atoms with Crippen LogP contribution in [0.15, 0.2) is 15.8 Å². The highest BCUT2D eigenvalue weighted by atomic mass is 35.5. The van der Waals surface area contributed by atoms with E-state index in [1.807, 2.05) is 0 Å². The molecule has 0 bridgehead atoms. The summed E-state index contributed by atoms with van der Waals surface area (Å²) < 4.78 is 31.1. The molecule has 0 aliphatic carbocycles. The summed E-state index contributed by atoms with van der Waals surface area (Å²) in [6.45, 7) is -0.555. The Bertz CT molecular complexity index is 604. The predicted octanol–water partition coefficient (Wildman–Crippen LogP) is -0.668. The van der Waals surface area contributed by atoms with Gasteiger partial charge >= 0.3 is 5.69 Å². The number of nitrogens with one attached hydrogen (secondary N) is 1. The third kappa shape index (κ3) is 2.49. The van der Waals surface area contributed by atoms with Gasteiger partial charge in [-0.25, -0.2) is 13.6 Å². The first-order valence-corrected chi connectivity index (χ1v) is 6.02. The van der Waals surface area contributed by atoms with Gasteiger partial charge in [0.1, 0.15) is 17.6 Å². The Hall–Kier alpha value is -1.29. The van der Waals surface area contributed by atoms with E-state index in [1.165, 1.54) is 0 Å². The molecule has 0 radical (unpaired) electrons. The number of aliphatic hydroxyl groups is 2. The minimum absolute atomic E-state index is 0.555. The maximum Gasteiger partial charge on any atom is 0.330 e. The minimum atomic E-state index is -3.08. The number of H-pyrrole nitrogens is 1. The molecule has 1 aromatic rings. The van der Waals surface area contributed by atoms with Crippen LogP contribution >= 0.6 is 11.6 Å². The molecule has 112 valence electrons. The van der Waals surface area contributed by atoms with Crippen molar-refractivity contribution in [2.45, 2.75) is 30.2 Å². The van der Waals surface area contributed by atoms with Crippen LogP contribution in [0.25, 0.3) is 0 Å². The van der Waals surface area contributed by atoms with E-state index in [2.05, 4.69) is 0 Å². The first-order chi connectivity index (χ1) is 9.36. The summed E-state index contributed by atoms with van der Waals surface area (Å²) in [7, 11) is 0. The largest absolute Gasteiger partial charge is 0.394 e. The van der Waals surface area contributed by atoms with Gasteiger partial charge in [0.2, 0.25) is 0 Å². The lowest BCUT2D eigenvalue weighted by molar-refractivity contribution is -0.0460. The smallest absolute Gasteiger partial charge is 0.330 e. The minimum Gasteiger partial charge on any atom is -0.394 e.